The highest BCUT2D eigenvalue weighted by atomic mass is 28.4. The number of ether oxygens (including phenoxy) is 1. The smallest absolute Gasteiger partial charge is 0.338 e. The van der Waals surface area contributed by atoms with Gasteiger partial charge < -0.3 is 13.6 Å². The van der Waals surface area contributed by atoms with Crippen LogP contribution in [0.15, 0.2) is 30.3 Å². The van der Waals surface area contributed by atoms with Gasteiger partial charge in [0.05, 0.1) is 24.9 Å². The van der Waals surface area contributed by atoms with Gasteiger partial charge in [-0.3, -0.25) is 0 Å². The van der Waals surface area contributed by atoms with Crippen LogP contribution in [0, 0.1) is 0 Å². The molecule has 1 aromatic carbocycles. The van der Waals surface area contributed by atoms with Gasteiger partial charge in [0.2, 0.25) is 0 Å². The molecule has 0 bridgehead atoms. The Morgan fingerprint density at radius 3 is 1.90 bits per heavy atom. The first-order valence-corrected chi connectivity index (χ1v) is 16.4. The van der Waals surface area contributed by atoms with Crippen molar-refractivity contribution in [1.82, 2.24) is 0 Å². The van der Waals surface area contributed by atoms with E-state index in [1.54, 1.807) is 12.1 Å². The fraction of sp³-hybridized carbons (Fsp3) is 0.696. The van der Waals surface area contributed by atoms with Crippen molar-refractivity contribution in [2.24, 2.45) is 0 Å². The lowest BCUT2D eigenvalue weighted by atomic mass is 10.2. The zero-order valence-electron chi connectivity index (χ0n) is 20.2. The summed E-state index contributed by atoms with van der Waals surface area (Å²) in [5.74, 6) is -0.290. The Morgan fingerprint density at radius 1 is 0.897 bits per heavy atom. The molecule has 0 saturated carbocycles. The third kappa shape index (κ3) is 8.00. The molecule has 6 heteroatoms. The van der Waals surface area contributed by atoms with E-state index in [0.29, 0.717) is 25.2 Å². The Labute approximate surface area is 180 Å². The average Bonchev–Trinajstić information content (AvgIpc) is 2.58. The molecule has 4 nitrogen and oxygen atoms in total. The Hall–Kier alpha value is -0.956. The van der Waals surface area contributed by atoms with Crippen molar-refractivity contribution in [3.63, 3.8) is 0 Å². The van der Waals surface area contributed by atoms with Crippen LogP contribution in [-0.2, 0) is 13.6 Å². The van der Waals surface area contributed by atoms with Gasteiger partial charge in [0.15, 0.2) is 16.6 Å². The Bertz CT molecular complexity index is 643. The molecule has 0 aliphatic heterocycles. The van der Waals surface area contributed by atoms with Crippen LogP contribution >= 0.6 is 0 Å². The predicted molar refractivity (Wildman–Crippen MR) is 127 cm³/mol. The quantitative estimate of drug-likeness (QED) is 0.320. The minimum atomic E-state index is -1.96. The van der Waals surface area contributed by atoms with Crippen LogP contribution in [0.1, 0.15) is 58.3 Å². The van der Waals surface area contributed by atoms with E-state index in [2.05, 4.69) is 67.7 Å². The fourth-order valence-corrected chi connectivity index (χ4v) is 4.64. The summed E-state index contributed by atoms with van der Waals surface area (Å²) in [6.45, 7) is 23.3. The largest absolute Gasteiger partial charge is 0.462 e. The molecule has 0 aliphatic carbocycles. The molecule has 0 fully saturated rings. The number of benzene rings is 1. The molecule has 0 amide bonds. The number of esters is 1. The number of carbonyl (C=O) groups is 1. The third-order valence-corrected chi connectivity index (χ3v) is 15.4. The van der Waals surface area contributed by atoms with E-state index < -0.39 is 16.6 Å². The van der Waals surface area contributed by atoms with Crippen molar-refractivity contribution in [2.75, 3.05) is 13.2 Å². The van der Waals surface area contributed by atoms with Gasteiger partial charge in [-0.25, -0.2) is 4.79 Å². The zero-order valence-corrected chi connectivity index (χ0v) is 22.2. The van der Waals surface area contributed by atoms with Gasteiger partial charge in [0.25, 0.3) is 0 Å². The van der Waals surface area contributed by atoms with Gasteiger partial charge in [0, 0.05) is 6.42 Å². The van der Waals surface area contributed by atoms with Crippen molar-refractivity contribution < 1.29 is 18.4 Å². The molecule has 0 aliphatic rings. The second kappa shape index (κ2) is 9.90. The van der Waals surface area contributed by atoms with Gasteiger partial charge in [-0.2, -0.15) is 0 Å². The van der Waals surface area contributed by atoms with Gasteiger partial charge in [-0.15, -0.1) is 0 Å². The van der Waals surface area contributed by atoms with Crippen LogP contribution < -0.4 is 0 Å². The molecule has 1 unspecified atom stereocenters. The summed E-state index contributed by atoms with van der Waals surface area (Å²) < 4.78 is 18.6. The van der Waals surface area contributed by atoms with Crippen LogP contribution in [0.3, 0.4) is 0 Å². The minimum absolute atomic E-state index is 0.0754. The normalized spacial score (nSPS) is 14.6. The maximum Gasteiger partial charge on any atom is 0.338 e. The maximum absolute atomic E-state index is 12.2. The van der Waals surface area contributed by atoms with Crippen molar-refractivity contribution in [2.45, 2.75) is 90.3 Å². The fourth-order valence-electron chi connectivity index (χ4n) is 2.23. The summed E-state index contributed by atoms with van der Waals surface area (Å²) >= 11 is 0. The van der Waals surface area contributed by atoms with E-state index in [4.69, 9.17) is 13.6 Å². The van der Waals surface area contributed by atoms with E-state index in [1.165, 1.54) is 0 Å². The van der Waals surface area contributed by atoms with Crippen molar-refractivity contribution in [1.29, 1.82) is 0 Å². The molecule has 0 spiro atoms. The van der Waals surface area contributed by atoms with Gasteiger partial charge in [-0.1, -0.05) is 59.7 Å². The Balaban J connectivity index is 2.78. The summed E-state index contributed by atoms with van der Waals surface area (Å²) in [5, 5.41) is 0.261. The molecule has 1 aromatic rings. The van der Waals surface area contributed by atoms with Crippen molar-refractivity contribution >= 4 is 22.6 Å². The van der Waals surface area contributed by atoms with Crippen molar-refractivity contribution in [3.05, 3.63) is 35.9 Å². The summed E-state index contributed by atoms with van der Waals surface area (Å²) in [5.41, 5.74) is 0.576. The highest BCUT2D eigenvalue weighted by Gasteiger charge is 2.41. The molecular weight excluding hydrogens is 396 g/mol. The SMILES string of the molecule is CC(C)(C)[Si](C)(C)OCC(CCOC(=O)c1ccccc1)O[Si](C)(C)C(C)(C)C. The average molecular weight is 439 g/mol. The first kappa shape index (κ1) is 26.1. The number of hydrogen-bond donors (Lipinski definition) is 0. The minimum Gasteiger partial charge on any atom is -0.462 e. The van der Waals surface area contributed by atoms with E-state index >= 15 is 0 Å². The van der Waals surface area contributed by atoms with Crippen LogP contribution in [0.2, 0.25) is 36.3 Å². The van der Waals surface area contributed by atoms with Crippen molar-refractivity contribution in [3.8, 4) is 0 Å². The molecule has 0 N–H and O–H groups in total. The monoisotopic (exact) mass is 438 g/mol. The highest BCUT2D eigenvalue weighted by molar-refractivity contribution is 6.74. The van der Waals surface area contributed by atoms with E-state index in [0.717, 1.165) is 0 Å². The predicted octanol–water partition coefficient (Wildman–Crippen LogP) is 6.65. The highest BCUT2D eigenvalue weighted by Crippen LogP contribution is 2.39. The molecular formula is C23H42O4Si2. The lowest BCUT2D eigenvalue weighted by molar-refractivity contribution is 0.0379. The molecule has 0 saturated heterocycles. The molecule has 0 heterocycles. The van der Waals surface area contributed by atoms with Crippen LogP contribution in [0.5, 0.6) is 0 Å². The van der Waals surface area contributed by atoms with Gasteiger partial charge in [-0.05, 0) is 48.4 Å². The summed E-state index contributed by atoms with van der Waals surface area (Å²) in [4.78, 5) is 12.2. The molecule has 1 atom stereocenters. The number of carbonyl (C=O) groups excluding carboxylic acids is 1. The van der Waals surface area contributed by atoms with E-state index in [1.807, 2.05) is 18.2 Å². The van der Waals surface area contributed by atoms with Gasteiger partial charge in [0.1, 0.15) is 0 Å². The zero-order chi connectivity index (χ0) is 22.5. The summed E-state index contributed by atoms with van der Waals surface area (Å²) in [6.07, 6.45) is 0.563. The van der Waals surface area contributed by atoms with Gasteiger partial charge >= 0.3 is 5.97 Å². The topological polar surface area (TPSA) is 44.8 Å². The summed E-state index contributed by atoms with van der Waals surface area (Å²) in [7, 11) is -3.83. The molecule has 0 aromatic heterocycles. The first-order valence-electron chi connectivity index (χ1n) is 10.6. The third-order valence-electron chi connectivity index (χ3n) is 6.39. The molecule has 0 radical (unpaired) electrons. The Morgan fingerprint density at radius 2 is 1.41 bits per heavy atom. The maximum atomic E-state index is 12.2. The number of hydrogen-bond acceptors (Lipinski definition) is 4. The summed E-state index contributed by atoms with van der Waals surface area (Å²) in [6, 6.07) is 9.11. The Kier molecular flexibility index (Phi) is 8.90. The second-order valence-corrected chi connectivity index (χ2v) is 20.4. The van der Waals surface area contributed by atoms with E-state index in [9.17, 15) is 4.79 Å². The first-order chi connectivity index (χ1) is 13.1. The lowest BCUT2D eigenvalue weighted by Gasteiger charge is -2.41. The second-order valence-electron chi connectivity index (χ2n) is 10.9. The van der Waals surface area contributed by atoms with Crippen LogP contribution in [0.4, 0.5) is 0 Å². The standard InChI is InChI=1S/C23H42O4Si2/c1-22(2,3)28(7,8)26-18-20(27-29(9,10)23(4,5)6)16-17-25-21(24)19-14-12-11-13-15-19/h11-15,20H,16-18H2,1-10H3. The lowest BCUT2D eigenvalue weighted by Crippen LogP contribution is -2.48. The number of rotatable bonds is 9. The molecule has 29 heavy (non-hydrogen) atoms. The van der Waals surface area contributed by atoms with Crippen LogP contribution in [0.25, 0.3) is 0 Å². The molecule has 1 rings (SSSR count). The van der Waals surface area contributed by atoms with E-state index in [-0.39, 0.29) is 22.1 Å². The van der Waals surface area contributed by atoms with Crippen LogP contribution in [-0.4, -0.2) is 41.9 Å². The molecule has 166 valence electrons.